The summed E-state index contributed by atoms with van der Waals surface area (Å²) in [6.45, 7) is 1.31. The molecule has 0 radical (unpaired) electrons. The first kappa shape index (κ1) is 21.0. The molecule has 1 aromatic carbocycles. The number of ketones is 6. The Bertz CT molecular complexity index is 942. The molecule has 2 N–H and O–H groups in total. The Balaban J connectivity index is 1.44. The Morgan fingerprint density at radius 2 is 0.938 bits per heavy atom. The van der Waals surface area contributed by atoms with Gasteiger partial charge in [0.1, 0.15) is 11.8 Å². The minimum Gasteiger partial charge on any atom is -0.307 e. The van der Waals surface area contributed by atoms with Gasteiger partial charge in [0.25, 0.3) is 0 Å². The zero-order chi connectivity index (χ0) is 22.6. The summed E-state index contributed by atoms with van der Waals surface area (Å²) in [6, 6.07) is 1.40. The predicted octanol–water partition coefficient (Wildman–Crippen LogP) is 1.10. The van der Waals surface area contributed by atoms with Gasteiger partial charge < -0.3 is 10.6 Å². The van der Waals surface area contributed by atoms with Crippen molar-refractivity contribution in [3.63, 3.8) is 0 Å². The number of nitrogens with one attached hydrogen (secondary N) is 2. The minimum atomic E-state index is -1.43. The molecule has 0 aromatic heterocycles. The van der Waals surface area contributed by atoms with Crippen LogP contribution in [0.2, 0.25) is 0 Å². The van der Waals surface area contributed by atoms with Crippen molar-refractivity contribution in [2.45, 2.75) is 50.6 Å². The van der Waals surface area contributed by atoms with Gasteiger partial charge in [-0.15, -0.1) is 0 Å². The summed E-state index contributed by atoms with van der Waals surface area (Å²) in [5.41, 5.74) is -0.0261. The molecule has 2 heterocycles. The molecule has 8 heteroatoms. The quantitative estimate of drug-likeness (QED) is 0.672. The van der Waals surface area contributed by atoms with E-state index in [2.05, 4.69) is 10.6 Å². The molecule has 0 bridgehead atoms. The van der Waals surface area contributed by atoms with Gasteiger partial charge in [-0.1, -0.05) is 12.8 Å². The third-order valence-corrected chi connectivity index (χ3v) is 7.14. The fourth-order valence-corrected chi connectivity index (χ4v) is 5.38. The second kappa shape index (κ2) is 7.94. The number of carbonyl (C=O) groups is 6. The van der Waals surface area contributed by atoms with Crippen molar-refractivity contribution in [3.05, 3.63) is 34.4 Å². The van der Waals surface area contributed by atoms with Gasteiger partial charge in [-0.05, 0) is 50.9 Å². The van der Waals surface area contributed by atoms with Gasteiger partial charge in [0.15, 0.2) is 34.7 Å². The highest BCUT2D eigenvalue weighted by molar-refractivity contribution is 6.40. The topological polar surface area (TPSA) is 126 Å². The van der Waals surface area contributed by atoms with Crippen LogP contribution in [0.25, 0.3) is 0 Å². The van der Waals surface area contributed by atoms with Gasteiger partial charge in [-0.2, -0.15) is 0 Å². The molecule has 166 valence electrons. The number of piperidine rings is 2. The van der Waals surface area contributed by atoms with Crippen LogP contribution in [0.1, 0.15) is 80.0 Å². The number of rotatable bonds is 4. The lowest BCUT2D eigenvalue weighted by atomic mass is 9.88. The fourth-order valence-electron chi connectivity index (χ4n) is 5.38. The van der Waals surface area contributed by atoms with Gasteiger partial charge in [-0.25, -0.2) is 0 Å². The van der Waals surface area contributed by atoms with E-state index in [4.69, 9.17) is 0 Å². The zero-order valence-corrected chi connectivity index (χ0v) is 17.6. The number of Topliss-reactive ketones (excluding diaryl/α,β-unsaturated/α-hetero) is 6. The number of carbonyl (C=O) groups excluding carboxylic acids is 6. The highest BCUT2D eigenvalue weighted by atomic mass is 16.2. The van der Waals surface area contributed by atoms with Crippen LogP contribution >= 0.6 is 0 Å². The lowest BCUT2D eigenvalue weighted by Crippen LogP contribution is -2.46. The van der Waals surface area contributed by atoms with E-state index in [1.54, 1.807) is 0 Å². The average Bonchev–Trinajstić information content (AvgIpc) is 3.22. The summed E-state index contributed by atoms with van der Waals surface area (Å²) in [5.74, 6) is -6.30. The summed E-state index contributed by atoms with van der Waals surface area (Å²) < 4.78 is 0. The van der Waals surface area contributed by atoms with Crippen molar-refractivity contribution in [3.8, 4) is 0 Å². The maximum absolute atomic E-state index is 13.0. The lowest BCUT2D eigenvalue weighted by Gasteiger charge is -2.23. The summed E-state index contributed by atoms with van der Waals surface area (Å²) >= 11 is 0. The van der Waals surface area contributed by atoms with Crippen LogP contribution in [-0.2, 0) is 9.59 Å². The van der Waals surface area contributed by atoms with Crippen LogP contribution in [0.4, 0.5) is 0 Å². The smallest absolute Gasteiger partial charge is 0.181 e. The van der Waals surface area contributed by atoms with Crippen LogP contribution in [0, 0.1) is 11.8 Å². The molecule has 32 heavy (non-hydrogen) atoms. The summed E-state index contributed by atoms with van der Waals surface area (Å²) in [4.78, 5) is 77.8. The Morgan fingerprint density at radius 3 is 1.22 bits per heavy atom. The number of hydrogen-bond acceptors (Lipinski definition) is 8. The van der Waals surface area contributed by atoms with E-state index in [1.165, 1.54) is 12.1 Å². The van der Waals surface area contributed by atoms with Crippen LogP contribution in [0.5, 0.6) is 0 Å². The van der Waals surface area contributed by atoms with E-state index >= 15 is 0 Å². The van der Waals surface area contributed by atoms with Crippen molar-refractivity contribution in [1.29, 1.82) is 0 Å². The van der Waals surface area contributed by atoms with Crippen LogP contribution in [-0.4, -0.2) is 59.9 Å². The molecule has 0 saturated carbocycles. The van der Waals surface area contributed by atoms with E-state index in [9.17, 15) is 28.8 Å². The third-order valence-electron chi connectivity index (χ3n) is 7.14. The number of hydrogen-bond donors (Lipinski definition) is 2. The zero-order valence-electron chi connectivity index (χ0n) is 17.6. The molecule has 2 atom stereocenters. The van der Waals surface area contributed by atoms with E-state index in [1.807, 2.05) is 0 Å². The Morgan fingerprint density at radius 1 is 0.594 bits per heavy atom. The normalized spacial score (nSPS) is 26.4. The first-order chi connectivity index (χ1) is 15.4. The molecule has 2 aliphatic carbocycles. The molecule has 5 rings (SSSR count). The maximum atomic E-state index is 13.0. The van der Waals surface area contributed by atoms with Crippen molar-refractivity contribution >= 4 is 34.7 Å². The second-order valence-electron chi connectivity index (χ2n) is 9.08. The third kappa shape index (κ3) is 3.12. The van der Waals surface area contributed by atoms with Gasteiger partial charge >= 0.3 is 0 Å². The first-order valence-corrected chi connectivity index (χ1v) is 11.3. The first-order valence-electron chi connectivity index (χ1n) is 11.3. The van der Waals surface area contributed by atoms with Crippen LogP contribution in [0.3, 0.4) is 0 Å². The van der Waals surface area contributed by atoms with Gasteiger partial charge in [0.05, 0.1) is 12.1 Å². The largest absolute Gasteiger partial charge is 0.307 e. The Hall–Kier alpha value is -2.84. The maximum Gasteiger partial charge on any atom is 0.181 e. The van der Waals surface area contributed by atoms with E-state index in [0.717, 1.165) is 25.7 Å². The fraction of sp³-hybridized carbons (Fsp3) is 0.500. The molecule has 0 amide bonds. The molecule has 2 fully saturated rings. The predicted molar refractivity (Wildman–Crippen MR) is 112 cm³/mol. The SMILES string of the molecule is O=C1c2cc3c(cc2C(=O)C1C(=O)C1CCCCN1)C(=O)C(C(=O)[C@@H]1CCCCN1)C3=O. The highest BCUT2D eigenvalue weighted by Crippen LogP contribution is 2.37. The van der Waals surface area contributed by atoms with Gasteiger partial charge in [0, 0.05) is 22.3 Å². The van der Waals surface area contributed by atoms with E-state index in [-0.39, 0.29) is 22.3 Å². The Labute approximate surface area is 184 Å². The van der Waals surface area contributed by atoms with Crippen molar-refractivity contribution in [2.75, 3.05) is 13.1 Å². The summed E-state index contributed by atoms with van der Waals surface area (Å²) in [6.07, 6.45) is 4.69. The Kier molecular flexibility index (Phi) is 5.22. The number of fused-ring (bicyclic) bond motifs is 2. The average molecular weight is 436 g/mol. The number of benzene rings is 1. The molecule has 1 aromatic rings. The summed E-state index contributed by atoms with van der Waals surface area (Å²) in [5, 5.41) is 6.13. The van der Waals surface area contributed by atoms with Crippen molar-refractivity contribution < 1.29 is 28.8 Å². The van der Waals surface area contributed by atoms with Crippen LogP contribution < -0.4 is 10.6 Å². The molecular formula is C24H24N2O6. The molecule has 4 aliphatic rings. The molecule has 2 aliphatic heterocycles. The molecular weight excluding hydrogens is 412 g/mol. The minimum absolute atomic E-state index is 0.00653. The highest BCUT2D eigenvalue weighted by Gasteiger charge is 2.50. The molecule has 1 unspecified atom stereocenters. The van der Waals surface area contributed by atoms with Crippen molar-refractivity contribution in [1.82, 2.24) is 10.6 Å². The van der Waals surface area contributed by atoms with Crippen LogP contribution in [0.15, 0.2) is 12.1 Å². The molecule has 0 spiro atoms. The van der Waals surface area contributed by atoms with Gasteiger partial charge in [0.2, 0.25) is 0 Å². The van der Waals surface area contributed by atoms with Gasteiger partial charge in [-0.3, -0.25) is 28.8 Å². The monoisotopic (exact) mass is 436 g/mol. The van der Waals surface area contributed by atoms with E-state index < -0.39 is 58.6 Å². The molecule has 8 nitrogen and oxygen atoms in total. The molecule has 2 saturated heterocycles. The van der Waals surface area contributed by atoms with E-state index in [0.29, 0.717) is 25.9 Å². The summed E-state index contributed by atoms with van der Waals surface area (Å²) in [7, 11) is 0. The standard InChI is InChI=1S/C24H24N2O6/c27-19-11-9-13-14(22(30)18(21(13)29)24(32)16-6-2-4-8-26-16)10-12(11)20(28)17(19)23(31)15-5-1-3-7-25-15/h9-10,15-18,25-26H,1-8H2/t15-,16?,17?,18?/m0/s1. The second-order valence-corrected chi connectivity index (χ2v) is 9.08. The van der Waals surface area contributed by atoms with Crippen molar-refractivity contribution in [2.24, 2.45) is 11.8 Å². The lowest BCUT2D eigenvalue weighted by molar-refractivity contribution is -0.123.